The van der Waals surface area contributed by atoms with Crippen LogP contribution in [-0.2, 0) is 23.7 Å². The van der Waals surface area contributed by atoms with E-state index in [1.807, 2.05) is 0 Å². The van der Waals surface area contributed by atoms with Gasteiger partial charge in [0.05, 0.1) is 77.2 Å². The lowest BCUT2D eigenvalue weighted by molar-refractivity contribution is -0.0606. The smallest absolute Gasteiger partial charge is 0.136 e. The van der Waals surface area contributed by atoms with Crippen molar-refractivity contribution in [1.29, 1.82) is 0 Å². The first kappa shape index (κ1) is 32.0. The molecule has 0 saturated carbocycles. The number of benzene rings is 1. The minimum absolute atomic E-state index is 0.251. The Hall–Kier alpha value is -2.26. The van der Waals surface area contributed by atoms with Gasteiger partial charge in [-0.1, -0.05) is 63.7 Å². The molecular formula is C31H46O7. The van der Waals surface area contributed by atoms with Crippen LogP contribution < -0.4 is 9.47 Å². The summed E-state index contributed by atoms with van der Waals surface area (Å²) in [4.78, 5) is 0. The molecule has 1 aromatic carbocycles. The summed E-state index contributed by atoms with van der Waals surface area (Å²) in [6.45, 7) is 7.37. The largest absolute Gasteiger partial charge is 0.492 e. The standard InChI is InChI=1S/C31H46O7/c1-4-7-8-9-10-11-12-13-14-37-30-23-28(6-3)31(24-27(30)5-2)38-26-29-25-35-20-19-33-16-15-32-17-18-34-21-22-36-29/h2-3,23-24,29H,4,7-22,25-26H2,1H3. The molecule has 0 aliphatic carbocycles. The lowest BCUT2D eigenvalue weighted by Crippen LogP contribution is -2.29. The van der Waals surface area contributed by atoms with Gasteiger partial charge in [-0.15, -0.1) is 12.8 Å². The van der Waals surface area contributed by atoms with Crippen molar-refractivity contribution >= 4 is 0 Å². The van der Waals surface area contributed by atoms with E-state index in [4.69, 9.17) is 46.0 Å². The summed E-state index contributed by atoms with van der Waals surface area (Å²) in [5.74, 6) is 6.53. The van der Waals surface area contributed by atoms with E-state index in [0.717, 1.165) is 12.8 Å². The second kappa shape index (κ2) is 21.6. The average Bonchev–Trinajstić information content (AvgIpc) is 2.95. The Labute approximate surface area is 229 Å². The molecule has 0 aromatic heterocycles. The minimum atomic E-state index is -0.308. The normalized spacial score (nSPS) is 17.9. The molecule has 2 rings (SSSR count). The fourth-order valence-corrected chi connectivity index (χ4v) is 3.92. The summed E-state index contributed by atoms with van der Waals surface area (Å²) in [5.41, 5.74) is 1.20. The fraction of sp³-hybridized carbons (Fsp3) is 0.677. The molecule has 1 aromatic rings. The van der Waals surface area contributed by atoms with E-state index in [2.05, 4.69) is 18.8 Å². The van der Waals surface area contributed by atoms with E-state index < -0.39 is 0 Å². The SMILES string of the molecule is C#Cc1cc(OCC2COCCOCCOCCOCCO2)c(C#C)cc1OCCCCCCCCCC. The van der Waals surface area contributed by atoms with Crippen molar-refractivity contribution < 1.29 is 33.2 Å². The van der Waals surface area contributed by atoms with Crippen molar-refractivity contribution in [2.45, 2.75) is 64.4 Å². The second-order valence-corrected chi connectivity index (χ2v) is 9.17. The Bertz CT molecular complexity index is 811. The maximum atomic E-state index is 6.06. The summed E-state index contributed by atoms with van der Waals surface area (Å²) in [6, 6.07) is 3.55. The highest BCUT2D eigenvalue weighted by molar-refractivity contribution is 5.57. The zero-order chi connectivity index (χ0) is 27.1. The predicted molar refractivity (Wildman–Crippen MR) is 149 cm³/mol. The molecule has 38 heavy (non-hydrogen) atoms. The Morgan fingerprint density at radius 2 is 1.18 bits per heavy atom. The number of rotatable bonds is 13. The van der Waals surface area contributed by atoms with E-state index in [-0.39, 0.29) is 12.7 Å². The number of hydrogen-bond acceptors (Lipinski definition) is 7. The van der Waals surface area contributed by atoms with Crippen molar-refractivity contribution in [2.24, 2.45) is 0 Å². The van der Waals surface area contributed by atoms with Crippen LogP contribution >= 0.6 is 0 Å². The number of terminal acetylenes is 2. The molecular weight excluding hydrogens is 484 g/mol. The summed E-state index contributed by atoms with van der Waals surface area (Å²) < 4.78 is 40.2. The first-order valence-corrected chi connectivity index (χ1v) is 14.1. The molecule has 7 nitrogen and oxygen atoms in total. The third-order valence-electron chi connectivity index (χ3n) is 6.07. The van der Waals surface area contributed by atoms with Crippen LogP contribution in [0.2, 0.25) is 0 Å². The van der Waals surface area contributed by atoms with Gasteiger partial charge < -0.3 is 33.2 Å². The van der Waals surface area contributed by atoms with Crippen molar-refractivity contribution in [2.75, 3.05) is 72.7 Å². The van der Waals surface area contributed by atoms with Crippen LogP contribution in [0.25, 0.3) is 0 Å². The van der Waals surface area contributed by atoms with Gasteiger partial charge in [0.15, 0.2) is 0 Å². The highest BCUT2D eigenvalue weighted by Gasteiger charge is 2.15. The molecule has 1 aliphatic heterocycles. The van der Waals surface area contributed by atoms with Crippen molar-refractivity contribution in [3.8, 4) is 36.2 Å². The maximum Gasteiger partial charge on any atom is 0.136 e. The highest BCUT2D eigenvalue weighted by Crippen LogP contribution is 2.29. The van der Waals surface area contributed by atoms with E-state index in [1.54, 1.807) is 12.1 Å². The Kier molecular flexibility index (Phi) is 18.2. The Balaban J connectivity index is 1.85. The zero-order valence-electron chi connectivity index (χ0n) is 23.2. The van der Waals surface area contributed by atoms with Crippen LogP contribution in [0.5, 0.6) is 11.5 Å². The molecule has 0 radical (unpaired) electrons. The lowest BCUT2D eigenvalue weighted by Gasteiger charge is -2.20. The van der Waals surface area contributed by atoms with Gasteiger partial charge in [0.2, 0.25) is 0 Å². The molecule has 0 bridgehead atoms. The Morgan fingerprint density at radius 3 is 1.76 bits per heavy atom. The van der Waals surface area contributed by atoms with Gasteiger partial charge in [0, 0.05) is 12.1 Å². The van der Waals surface area contributed by atoms with E-state index in [1.165, 1.54) is 38.5 Å². The number of hydrogen-bond donors (Lipinski definition) is 0. The van der Waals surface area contributed by atoms with Crippen molar-refractivity contribution in [3.63, 3.8) is 0 Å². The third kappa shape index (κ3) is 14.0. The molecule has 212 valence electrons. The van der Waals surface area contributed by atoms with Gasteiger partial charge in [-0.05, 0) is 6.42 Å². The zero-order valence-corrected chi connectivity index (χ0v) is 23.2. The molecule has 1 aliphatic rings. The van der Waals surface area contributed by atoms with Gasteiger partial charge in [-0.2, -0.15) is 0 Å². The lowest BCUT2D eigenvalue weighted by atomic mass is 10.1. The van der Waals surface area contributed by atoms with Gasteiger partial charge in [-0.25, -0.2) is 0 Å². The van der Waals surface area contributed by atoms with Crippen molar-refractivity contribution in [3.05, 3.63) is 23.3 Å². The van der Waals surface area contributed by atoms with Gasteiger partial charge in [0.25, 0.3) is 0 Å². The summed E-state index contributed by atoms with van der Waals surface area (Å²) in [6.07, 6.45) is 21.2. The molecule has 0 N–H and O–H groups in total. The third-order valence-corrected chi connectivity index (χ3v) is 6.07. The maximum absolute atomic E-state index is 6.06. The second-order valence-electron chi connectivity index (χ2n) is 9.17. The monoisotopic (exact) mass is 530 g/mol. The van der Waals surface area contributed by atoms with Crippen LogP contribution in [0.1, 0.15) is 69.4 Å². The van der Waals surface area contributed by atoms with Crippen LogP contribution in [0.15, 0.2) is 12.1 Å². The summed E-state index contributed by atoms with van der Waals surface area (Å²) >= 11 is 0. The highest BCUT2D eigenvalue weighted by atomic mass is 16.6. The molecule has 1 fully saturated rings. The summed E-state index contributed by atoms with van der Waals surface area (Å²) in [5, 5.41) is 0. The molecule has 7 heteroatoms. The number of ether oxygens (including phenoxy) is 7. The van der Waals surface area contributed by atoms with E-state index >= 15 is 0 Å². The first-order valence-electron chi connectivity index (χ1n) is 14.1. The molecule has 0 spiro atoms. The van der Waals surface area contributed by atoms with Gasteiger partial charge in [-0.3, -0.25) is 0 Å². The number of unbranched alkanes of at least 4 members (excludes halogenated alkanes) is 7. The summed E-state index contributed by atoms with van der Waals surface area (Å²) in [7, 11) is 0. The van der Waals surface area contributed by atoms with Crippen LogP contribution in [0.4, 0.5) is 0 Å². The molecule has 1 saturated heterocycles. The molecule has 1 heterocycles. The Morgan fingerprint density at radius 1 is 0.684 bits per heavy atom. The fourth-order valence-electron chi connectivity index (χ4n) is 3.92. The topological polar surface area (TPSA) is 64.6 Å². The van der Waals surface area contributed by atoms with Crippen LogP contribution in [-0.4, -0.2) is 78.8 Å². The molecule has 1 unspecified atom stereocenters. The minimum Gasteiger partial charge on any atom is -0.492 e. The van der Waals surface area contributed by atoms with E-state index in [9.17, 15) is 0 Å². The molecule has 0 amide bonds. The van der Waals surface area contributed by atoms with Crippen LogP contribution in [0.3, 0.4) is 0 Å². The quantitative estimate of drug-likeness (QED) is 0.262. The van der Waals surface area contributed by atoms with Crippen LogP contribution in [0, 0.1) is 24.7 Å². The first-order chi connectivity index (χ1) is 18.8. The molecule has 1 atom stereocenters. The van der Waals surface area contributed by atoms with Crippen molar-refractivity contribution in [1.82, 2.24) is 0 Å². The predicted octanol–water partition coefficient (Wildman–Crippen LogP) is 5.01. The van der Waals surface area contributed by atoms with Gasteiger partial charge in [0.1, 0.15) is 24.2 Å². The van der Waals surface area contributed by atoms with Gasteiger partial charge >= 0.3 is 0 Å². The average molecular weight is 531 g/mol. The van der Waals surface area contributed by atoms with E-state index in [0.29, 0.717) is 88.7 Å².